The number of aliphatic imine (C=N–C) groups is 1. The van der Waals surface area contributed by atoms with Crippen LogP contribution in [-0.2, 0) is 10.0 Å². The van der Waals surface area contributed by atoms with Gasteiger partial charge in [-0.1, -0.05) is 19.8 Å². The van der Waals surface area contributed by atoms with Gasteiger partial charge in [0.2, 0.25) is 10.0 Å². The molecule has 132 valence electrons. The van der Waals surface area contributed by atoms with E-state index in [1.807, 2.05) is 0 Å². The van der Waals surface area contributed by atoms with Crippen LogP contribution in [0.4, 0.5) is 0 Å². The molecule has 0 spiro atoms. The van der Waals surface area contributed by atoms with Crippen molar-refractivity contribution in [3.8, 4) is 0 Å². The molecule has 0 bridgehead atoms. The van der Waals surface area contributed by atoms with Crippen LogP contribution in [0.25, 0.3) is 0 Å². The number of unbranched alkanes of at least 4 members (excludes halogenated alkanes) is 2. The van der Waals surface area contributed by atoms with Gasteiger partial charge >= 0.3 is 0 Å². The van der Waals surface area contributed by atoms with Crippen LogP contribution in [0.15, 0.2) is 4.99 Å². The Hall–Kier alpha value is -0.0900. The van der Waals surface area contributed by atoms with Gasteiger partial charge in [-0.3, -0.25) is 4.99 Å². The zero-order chi connectivity index (χ0) is 15.7. The summed E-state index contributed by atoms with van der Waals surface area (Å²) in [6, 6.07) is 0. The monoisotopic (exact) mass is 446 g/mol. The van der Waals surface area contributed by atoms with Gasteiger partial charge in [-0.2, -0.15) is 0 Å². The van der Waals surface area contributed by atoms with Crippen molar-refractivity contribution in [3.05, 3.63) is 0 Å². The van der Waals surface area contributed by atoms with E-state index in [0.717, 1.165) is 38.3 Å². The van der Waals surface area contributed by atoms with Gasteiger partial charge in [-0.25, -0.2) is 12.7 Å². The van der Waals surface area contributed by atoms with Gasteiger partial charge < -0.3 is 10.6 Å². The van der Waals surface area contributed by atoms with Crippen LogP contribution in [0.1, 0.15) is 39.0 Å². The number of guanidine groups is 1. The summed E-state index contributed by atoms with van der Waals surface area (Å²) in [5.74, 6) is 1.36. The molecule has 0 saturated carbocycles. The van der Waals surface area contributed by atoms with E-state index in [2.05, 4.69) is 22.5 Å². The fourth-order valence-electron chi connectivity index (χ4n) is 2.49. The first-order valence-electron chi connectivity index (χ1n) is 7.87. The zero-order valence-corrected chi connectivity index (χ0v) is 17.1. The third-order valence-corrected chi connectivity index (χ3v) is 5.20. The maximum atomic E-state index is 11.5. The van der Waals surface area contributed by atoms with E-state index in [1.54, 1.807) is 11.4 Å². The van der Waals surface area contributed by atoms with E-state index in [-0.39, 0.29) is 24.0 Å². The number of hydrogen-bond acceptors (Lipinski definition) is 3. The first-order chi connectivity index (χ1) is 9.97. The average Bonchev–Trinajstić information content (AvgIpc) is 2.46. The maximum absolute atomic E-state index is 11.5. The van der Waals surface area contributed by atoms with Crippen molar-refractivity contribution in [2.45, 2.75) is 39.0 Å². The van der Waals surface area contributed by atoms with Gasteiger partial charge in [0.15, 0.2) is 5.96 Å². The van der Waals surface area contributed by atoms with Crippen molar-refractivity contribution in [2.24, 2.45) is 10.9 Å². The number of piperidine rings is 1. The summed E-state index contributed by atoms with van der Waals surface area (Å²) >= 11 is 0. The summed E-state index contributed by atoms with van der Waals surface area (Å²) in [7, 11) is -1.25. The standard InChI is InChI=1S/C14H30N4O2S.HI/c1-4-5-6-9-16-14(15-2)17-12-13-7-10-18(11-8-13)21(3,19)20;/h13H,4-12H2,1-3H3,(H2,15,16,17);1H. The van der Waals surface area contributed by atoms with Gasteiger partial charge in [0.25, 0.3) is 0 Å². The molecule has 1 heterocycles. The van der Waals surface area contributed by atoms with Gasteiger partial charge in [0.1, 0.15) is 0 Å². The molecule has 8 heteroatoms. The Morgan fingerprint density at radius 1 is 1.23 bits per heavy atom. The SMILES string of the molecule is CCCCCNC(=NC)NCC1CCN(S(C)(=O)=O)CC1.I. The second-order valence-corrected chi connectivity index (χ2v) is 7.67. The highest BCUT2D eigenvalue weighted by Crippen LogP contribution is 2.18. The lowest BCUT2D eigenvalue weighted by Crippen LogP contribution is -2.44. The molecule has 2 N–H and O–H groups in total. The number of hydrogen-bond donors (Lipinski definition) is 2. The molecule has 1 saturated heterocycles. The van der Waals surface area contributed by atoms with Gasteiger partial charge in [-0.15, -0.1) is 24.0 Å². The van der Waals surface area contributed by atoms with Crippen molar-refractivity contribution < 1.29 is 8.42 Å². The first kappa shape index (κ1) is 21.9. The van der Waals surface area contributed by atoms with Crippen molar-refractivity contribution in [2.75, 3.05) is 39.5 Å². The van der Waals surface area contributed by atoms with Crippen LogP contribution >= 0.6 is 24.0 Å². The number of sulfonamides is 1. The Morgan fingerprint density at radius 2 is 1.86 bits per heavy atom. The Bertz CT molecular complexity index is 421. The van der Waals surface area contributed by atoms with Crippen LogP contribution in [0, 0.1) is 5.92 Å². The molecular weight excluding hydrogens is 415 g/mol. The van der Waals surface area contributed by atoms with E-state index in [0.29, 0.717) is 19.0 Å². The first-order valence-corrected chi connectivity index (χ1v) is 9.71. The highest BCUT2D eigenvalue weighted by molar-refractivity contribution is 14.0. The summed E-state index contributed by atoms with van der Waals surface area (Å²) in [5.41, 5.74) is 0. The maximum Gasteiger partial charge on any atom is 0.211 e. The molecule has 6 nitrogen and oxygen atoms in total. The highest BCUT2D eigenvalue weighted by atomic mass is 127. The van der Waals surface area contributed by atoms with E-state index in [1.165, 1.54) is 19.1 Å². The Kier molecular flexibility index (Phi) is 11.4. The van der Waals surface area contributed by atoms with Crippen LogP contribution in [0.2, 0.25) is 0 Å². The van der Waals surface area contributed by atoms with Gasteiger partial charge in [0.05, 0.1) is 6.26 Å². The normalized spacial score (nSPS) is 17.9. The van der Waals surface area contributed by atoms with Crippen LogP contribution in [0.3, 0.4) is 0 Å². The number of nitrogens with zero attached hydrogens (tertiary/aromatic N) is 2. The molecule has 0 atom stereocenters. The predicted octanol–water partition coefficient (Wildman–Crippen LogP) is 1.63. The summed E-state index contributed by atoms with van der Waals surface area (Å²) in [6.45, 7) is 5.25. The number of rotatable bonds is 7. The Labute approximate surface area is 152 Å². The second kappa shape index (κ2) is 11.4. The topological polar surface area (TPSA) is 73.8 Å². The summed E-state index contributed by atoms with van der Waals surface area (Å²) in [6.07, 6.45) is 6.71. The van der Waals surface area contributed by atoms with E-state index >= 15 is 0 Å². The minimum absolute atomic E-state index is 0. The van der Waals surface area contributed by atoms with Gasteiger partial charge in [-0.05, 0) is 25.2 Å². The van der Waals surface area contributed by atoms with Crippen LogP contribution < -0.4 is 10.6 Å². The summed E-state index contributed by atoms with van der Waals surface area (Å²) in [4.78, 5) is 4.21. The molecule has 1 aliphatic heterocycles. The Morgan fingerprint density at radius 3 is 2.36 bits per heavy atom. The number of halogens is 1. The quantitative estimate of drug-likeness (QED) is 0.270. The van der Waals surface area contributed by atoms with Gasteiger partial charge in [0, 0.05) is 33.2 Å². The summed E-state index contributed by atoms with van der Waals surface area (Å²) in [5, 5.41) is 6.65. The number of nitrogens with one attached hydrogen (secondary N) is 2. The lowest BCUT2D eigenvalue weighted by molar-refractivity contribution is 0.275. The van der Waals surface area contributed by atoms with Crippen molar-refractivity contribution in [1.29, 1.82) is 0 Å². The van der Waals surface area contributed by atoms with Crippen molar-refractivity contribution >= 4 is 40.0 Å². The molecule has 22 heavy (non-hydrogen) atoms. The van der Waals surface area contributed by atoms with E-state index < -0.39 is 10.0 Å². The second-order valence-electron chi connectivity index (χ2n) is 5.69. The highest BCUT2D eigenvalue weighted by Gasteiger charge is 2.24. The minimum atomic E-state index is -3.03. The molecule has 0 amide bonds. The molecule has 1 rings (SSSR count). The lowest BCUT2D eigenvalue weighted by Gasteiger charge is -2.30. The summed E-state index contributed by atoms with van der Waals surface area (Å²) < 4.78 is 24.5. The molecule has 0 unspecified atom stereocenters. The molecule has 0 radical (unpaired) electrons. The van der Waals surface area contributed by atoms with Crippen LogP contribution in [-0.4, -0.2) is 58.2 Å². The lowest BCUT2D eigenvalue weighted by atomic mass is 9.98. The molecule has 1 aliphatic rings. The fraction of sp³-hybridized carbons (Fsp3) is 0.929. The molecule has 1 fully saturated rings. The Balaban J connectivity index is 0.00000441. The van der Waals surface area contributed by atoms with Crippen molar-refractivity contribution in [3.63, 3.8) is 0 Å². The fourth-order valence-corrected chi connectivity index (χ4v) is 3.36. The molecule has 0 aromatic carbocycles. The largest absolute Gasteiger partial charge is 0.356 e. The minimum Gasteiger partial charge on any atom is -0.356 e. The predicted molar refractivity (Wildman–Crippen MR) is 103 cm³/mol. The molecule has 0 aliphatic carbocycles. The van der Waals surface area contributed by atoms with E-state index in [9.17, 15) is 8.42 Å². The molecule has 0 aromatic heterocycles. The molecular formula is C14H31IN4O2S. The third kappa shape index (κ3) is 8.52. The zero-order valence-electron chi connectivity index (χ0n) is 14.0. The smallest absolute Gasteiger partial charge is 0.211 e. The van der Waals surface area contributed by atoms with E-state index in [4.69, 9.17) is 0 Å². The van der Waals surface area contributed by atoms with Crippen LogP contribution in [0.5, 0.6) is 0 Å². The van der Waals surface area contributed by atoms with Crippen molar-refractivity contribution in [1.82, 2.24) is 14.9 Å². The third-order valence-electron chi connectivity index (χ3n) is 3.90. The average molecular weight is 446 g/mol. The molecule has 0 aromatic rings.